The van der Waals surface area contributed by atoms with Crippen molar-refractivity contribution >= 4 is 17.0 Å². The third-order valence-corrected chi connectivity index (χ3v) is 3.35. The van der Waals surface area contributed by atoms with Gasteiger partial charge in [0.25, 0.3) is 0 Å². The second-order valence-corrected chi connectivity index (χ2v) is 5.03. The molecule has 0 atom stereocenters. The fourth-order valence-electron chi connectivity index (χ4n) is 1.75. The number of benzene rings is 1. The largest absolute Gasteiger partial charge is 0.368 e. The first kappa shape index (κ1) is 15.3. The Hall–Kier alpha value is -2.13. The topological polar surface area (TPSA) is 91.0 Å². The number of hydrogen-bond donors (Lipinski definition) is 1. The maximum Gasteiger partial charge on any atom is 0.368 e. The first-order valence-electron chi connectivity index (χ1n) is 6.08. The molecular formula is C12H15N5O3S. The minimum atomic E-state index is -0.352. The molecule has 8 nitrogen and oxygen atoms in total. The molecule has 0 spiro atoms. The van der Waals surface area contributed by atoms with Gasteiger partial charge in [-0.1, -0.05) is 23.9 Å². The van der Waals surface area contributed by atoms with E-state index in [4.69, 9.17) is 4.84 Å². The van der Waals surface area contributed by atoms with Crippen LogP contribution in [0.15, 0.2) is 23.0 Å². The van der Waals surface area contributed by atoms with Gasteiger partial charge in [-0.05, 0) is 35.2 Å². The van der Waals surface area contributed by atoms with Crippen LogP contribution in [0.5, 0.6) is 0 Å². The normalized spacial score (nSPS) is 10.6. The number of hydroxylamine groups is 1. The second-order valence-electron chi connectivity index (χ2n) is 4.25. The van der Waals surface area contributed by atoms with E-state index in [1.165, 1.54) is 11.7 Å². The molecule has 9 heteroatoms. The van der Waals surface area contributed by atoms with Crippen molar-refractivity contribution in [3.8, 4) is 5.69 Å². The van der Waals surface area contributed by atoms with Crippen molar-refractivity contribution in [1.82, 2.24) is 25.3 Å². The predicted octanol–water partition coefficient (Wildman–Crippen LogP) is 0.779. The van der Waals surface area contributed by atoms with E-state index in [2.05, 4.69) is 15.9 Å². The van der Waals surface area contributed by atoms with Crippen molar-refractivity contribution < 1.29 is 9.63 Å². The van der Waals surface area contributed by atoms with E-state index in [-0.39, 0.29) is 17.5 Å². The summed E-state index contributed by atoms with van der Waals surface area (Å²) in [5.41, 5.74) is 4.20. The monoisotopic (exact) mass is 309 g/mol. The highest BCUT2D eigenvalue weighted by Gasteiger charge is 2.13. The highest BCUT2D eigenvalue weighted by Crippen LogP contribution is 2.17. The molecule has 0 bridgehead atoms. The summed E-state index contributed by atoms with van der Waals surface area (Å²) < 4.78 is 2.34. The molecular weight excluding hydrogens is 294 g/mol. The van der Waals surface area contributed by atoms with Crippen LogP contribution in [0.2, 0.25) is 0 Å². The molecule has 2 aromatic rings. The number of carbonyl (C=O) groups is 1. The predicted molar refractivity (Wildman–Crippen MR) is 78.2 cm³/mol. The fourth-order valence-corrected chi connectivity index (χ4v) is 1.89. The summed E-state index contributed by atoms with van der Waals surface area (Å²) in [6.07, 6.45) is 1.65. The lowest BCUT2D eigenvalue weighted by molar-refractivity contribution is 0.0572. The van der Waals surface area contributed by atoms with E-state index in [0.717, 1.165) is 27.6 Å². The number of nitrogens with zero attached hydrogens (tertiary/aromatic N) is 4. The Bertz CT molecular complexity index is 709. The van der Waals surface area contributed by atoms with Gasteiger partial charge in [-0.2, -0.15) is 9.36 Å². The van der Waals surface area contributed by atoms with E-state index in [1.54, 1.807) is 12.3 Å². The van der Waals surface area contributed by atoms with Crippen LogP contribution < -0.4 is 11.2 Å². The highest BCUT2D eigenvalue weighted by atomic mass is 32.2. The molecule has 0 saturated heterocycles. The Morgan fingerprint density at radius 2 is 2.19 bits per heavy atom. The molecule has 0 aliphatic carbocycles. The van der Waals surface area contributed by atoms with Crippen LogP contribution in [0.4, 0.5) is 4.79 Å². The summed E-state index contributed by atoms with van der Waals surface area (Å²) in [5, 5.41) is 7.22. The van der Waals surface area contributed by atoms with E-state index >= 15 is 0 Å². The minimum absolute atomic E-state index is 0.122. The maximum absolute atomic E-state index is 11.9. The smallest absolute Gasteiger partial charge is 0.268 e. The van der Waals surface area contributed by atoms with E-state index < -0.39 is 0 Å². The molecule has 0 aliphatic heterocycles. The van der Waals surface area contributed by atoms with Gasteiger partial charge in [0.05, 0.1) is 5.69 Å². The van der Waals surface area contributed by atoms with Gasteiger partial charge in [-0.15, -0.1) is 0 Å². The van der Waals surface area contributed by atoms with Crippen molar-refractivity contribution in [2.75, 3.05) is 6.26 Å². The zero-order chi connectivity index (χ0) is 15.4. The number of nitrogens with one attached hydrogen (secondary N) is 1. The van der Waals surface area contributed by atoms with Crippen LogP contribution in [0.25, 0.3) is 5.69 Å². The van der Waals surface area contributed by atoms with Gasteiger partial charge in [0, 0.05) is 12.6 Å². The fraction of sp³-hybridized carbons (Fsp3) is 0.333. The van der Waals surface area contributed by atoms with Gasteiger partial charge >= 0.3 is 10.9 Å². The Kier molecular flexibility index (Phi) is 4.76. The van der Waals surface area contributed by atoms with Crippen molar-refractivity contribution in [1.29, 1.82) is 0 Å². The van der Waals surface area contributed by atoms with E-state index in [0.29, 0.717) is 5.69 Å². The van der Waals surface area contributed by atoms with Crippen LogP contribution in [-0.4, -0.2) is 31.3 Å². The molecule has 0 radical (unpaired) electrons. The number of hydrogen-bond acceptors (Lipinski definition) is 6. The third-order valence-electron chi connectivity index (χ3n) is 2.89. The SMILES string of the molecule is CSC(=O)NOCc1c(C)cccc1-n1nnn(C)c1=O. The Morgan fingerprint density at radius 1 is 1.43 bits per heavy atom. The summed E-state index contributed by atoms with van der Waals surface area (Å²) in [5.74, 6) is 0. The zero-order valence-electron chi connectivity index (χ0n) is 11.9. The average Bonchev–Trinajstić information content (AvgIpc) is 2.80. The molecule has 112 valence electrons. The highest BCUT2D eigenvalue weighted by molar-refractivity contribution is 8.12. The van der Waals surface area contributed by atoms with Crippen molar-refractivity contribution in [2.45, 2.75) is 13.5 Å². The Balaban J connectivity index is 2.30. The number of tetrazole rings is 1. The zero-order valence-corrected chi connectivity index (χ0v) is 12.7. The van der Waals surface area contributed by atoms with Gasteiger partial charge in [-0.3, -0.25) is 9.63 Å². The lowest BCUT2D eigenvalue weighted by Crippen LogP contribution is -2.24. The lowest BCUT2D eigenvalue weighted by atomic mass is 10.1. The number of carbonyl (C=O) groups excluding carboxylic acids is 1. The van der Waals surface area contributed by atoms with Gasteiger partial charge in [-0.25, -0.2) is 10.3 Å². The van der Waals surface area contributed by atoms with Gasteiger partial charge in [0.2, 0.25) is 0 Å². The van der Waals surface area contributed by atoms with E-state index in [1.807, 2.05) is 19.1 Å². The van der Waals surface area contributed by atoms with Crippen molar-refractivity contribution in [3.05, 3.63) is 39.8 Å². The number of aromatic nitrogens is 4. The molecule has 1 aromatic heterocycles. The summed E-state index contributed by atoms with van der Waals surface area (Å²) in [6, 6.07) is 5.45. The average molecular weight is 309 g/mol. The summed E-state index contributed by atoms with van der Waals surface area (Å²) in [4.78, 5) is 28.3. The van der Waals surface area contributed by atoms with Crippen LogP contribution >= 0.6 is 11.8 Å². The summed E-state index contributed by atoms with van der Waals surface area (Å²) in [7, 11) is 1.52. The Labute approximate surface area is 125 Å². The van der Waals surface area contributed by atoms with Gasteiger partial charge in [0.15, 0.2) is 0 Å². The molecule has 0 unspecified atom stereocenters. The summed E-state index contributed by atoms with van der Waals surface area (Å²) in [6.45, 7) is 2.01. The lowest BCUT2D eigenvalue weighted by Gasteiger charge is -2.11. The number of thioether (sulfide) groups is 1. The molecule has 0 aliphatic rings. The molecule has 1 N–H and O–H groups in total. The van der Waals surface area contributed by atoms with Crippen LogP contribution in [0.3, 0.4) is 0 Å². The molecule has 1 amide bonds. The van der Waals surface area contributed by atoms with Gasteiger partial charge < -0.3 is 0 Å². The first-order valence-corrected chi connectivity index (χ1v) is 7.30. The summed E-state index contributed by atoms with van der Waals surface area (Å²) >= 11 is 1.01. The molecule has 1 aromatic carbocycles. The van der Waals surface area contributed by atoms with Crippen molar-refractivity contribution in [2.24, 2.45) is 7.05 Å². The number of aryl methyl sites for hydroxylation is 2. The second kappa shape index (κ2) is 6.55. The molecule has 2 rings (SSSR count). The number of amides is 1. The van der Waals surface area contributed by atoms with Crippen LogP contribution in [-0.2, 0) is 18.5 Å². The molecule has 0 saturated carbocycles. The van der Waals surface area contributed by atoms with Crippen molar-refractivity contribution in [3.63, 3.8) is 0 Å². The number of rotatable bonds is 4. The Morgan fingerprint density at radius 3 is 2.81 bits per heavy atom. The molecule has 1 heterocycles. The molecule has 21 heavy (non-hydrogen) atoms. The van der Waals surface area contributed by atoms with E-state index in [9.17, 15) is 9.59 Å². The quantitative estimate of drug-likeness (QED) is 0.839. The standard InChI is InChI=1S/C12H15N5O3S/c1-8-5-4-6-10(17-12(19)16(2)14-15-17)9(8)7-20-13-11(18)21-3/h4-6H,7H2,1-3H3,(H,13,18). The minimum Gasteiger partial charge on any atom is -0.268 e. The third kappa shape index (κ3) is 3.31. The maximum atomic E-state index is 11.9. The van der Waals surface area contributed by atoms with Gasteiger partial charge in [0.1, 0.15) is 6.61 Å². The van der Waals surface area contributed by atoms with Crippen LogP contribution in [0.1, 0.15) is 11.1 Å². The molecule has 0 fully saturated rings. The first-order chi connectivity index (χ1) is 10.0. The van der Waals surface area contributed by atoms with Crippen LogP contribution in [0, 0.1) is 6.92 Å².